The summed E-state index contributed by atoms with van der Waals surface area (Å²) in [5, 5.41) is 49.8. The summed E-state index contributed by atoms with van der Waals surface area (Å²) in [7, 11) is -3.66. The van der Waals surface area contributed by atoms with Crippen LogP contribution in [0.2, 0.25) is 0 Å². The molecular weight excluding hydrogens is 482 g/mol. The highest BCUT2D eigenvalue weighted by atomic mass is 32.2. The fourth-order valence-corrected chi connectivity index (χ4v) is 4.27. The molecule has 0 aliphatic carbocycles. The van der Waals surface area contributed by atoms with E-state index in [1.54, 1.807) is 0 Å². The molecule has 0 radical (unpaired) electrons. The molecule has 3 aromatic carbocycles. The number of ether oxygens (including phenoxy) is 2. The van der Waals surface area contributed by atoms with Crippen LogP contribution in [0.25, 0.3) is 0 Å². The number of phenols is 5. The average molecular weight is 503 g/mol. The minimum Gasteiger partial charge on any atom is -0.508 e. The first-order valence-electron chi connectivity index (χ1n) is 10.2. The van der Waals surface area contributed by atoms with Crippen LogP contribution >= 0.6 is 0 Å². The van der Waals surface area contributed by atoms with Gasteiger partial charge in [-0.25, -0.2) is 13.2 Å². The van der Waals surface area contributed by atoms with Crippen LogP contribution in [-0.2, 0) is 21.2 Å². The third kappa shape index (κ3) is 5.11. The zero-order chi connectivity index (χ0) is 25.5. The van der Waals surface area contributed by atoms with Crippen LogP contribution < -0.4 is 9.46 Å². The van der Waals surface area contributed by atoms with Crippen molar-refractivity contribution >= 4 is 21.7 Å². The quantitative estimate of drug-likeness (QED) is 0.223. The number of fused-ring (bicyclic) bond motifs is 1. The van der Waals surface area contributed by atoms with Gasteiger partial charge in [-0.05, 0) is 30.3 Å². The Labute approximate surface area is 199 Å². The van der Waals surface area contributed by atoms with Crippen molar-refractivity contribution in [3.8, 4) is 34.5 Å². The van der Waals surface area contributed by atoms with Gasteiger partial charge in [0.25, 0.3) is 0 Å². The zero-order valence-electron chi connectivity index (χ0n) is 18.2. The summed E-state index contributed by atoms with van der Waals surface area (Å²) in [5.41, 5.74) is 0.397. The molecule has 12 heteroatoms. The molecule has 0 bridgehead atoms. The molecule has 3 aromatic rings. The van der Waals surface area contributed by atoms with Gasteiger partial charge in [0, 0.05) is 29.7 Å². The second-order valence-corrected chi connectivity index (χ2v) is 9.73. The molecular formula is C23H21NO10S. The summed E-state index contributed by atoms with van der Waals surface area (Å²) in [5.74, 6) is -2.56. The van der Waals surface area contributed by atoms with E-state index < -0.39 is 39.7 Å². The van der Waals surface area contributed by atoms with Crippen LogP contribution in [0.15, 0.2) is 48.5 Å². The molecule has 184 valence electrons. The minimum atomic E-state index is -3.66. The van der Waals surface area contributed by atoms with Crippen molar-refractivity contribution < 1.29 is 48.2 Å². The predicted octanol–water partition coefficient (Wildman–Crippen LogP) is 2.49. The smallest absolute Gasteiger partial charge is 0.338 e. The molecule has 1 unspecified atom stereocenters. The fourth-order valence-electron chi connectivity index (χ4n) is 3.70. The number of phenolic OH excluding ortho intramolecular Hbond substituents is 5. The van der Waals surface area contributed by atoms with Crippen LogP contribution in [-0.4, -0.2) is 52.3 Å². The second kappa shape index (κ2) is 8.80. The van der Waals surface area contributed by atoms with Gasteiger partial charge in [-0.2, -0.15) is 0 Å². The van der Waals surface area contributed by atoms with Gasteiger partial charge in [-0.1, -0.05) is 6.07 Å². The molecule has 11 nitrogen and oxygen atoms in total. The van der Waals surface area contributed by atoms with Gasteiger partial charge in [-0.3, -0.25) is 4.72 Å². The number of hydrogen-bond donors (Lipinski definition) is 6. The summed E-state index contributed by atoms with van der Waals surface area (Å²) >= 11 is 0. The van der Waals surface area contributed by atoms with Crippen molar-refractivity contribution in [3.63, 3.8) is 0 Å². The normalized spacial score (nSPS) is 17.2. The molecule has 0 saturated carbocycles. The van der Waals surface area contributed by atoms with Gasteiger partial charge in [0.2, 0.25) is 10.0 Å². The Hall–Kier alpha value is -4.32. The summed E-state index contributed by atoms with van der Waals surface area (Å²) in [6, 6.07) is 9.79. The lowest BCUT2D eigenvalue weighted by Crippen LogP contribution is -2.34. The van der Waals surface area contributed by atoms with Crippen molar-refractivity contribution in [1.29, 1.82) is 0 Å². The molecule has 4 rings (SSSR count). The minimum absolute atomic E-state index is 0.0286. The van der Waals surface area contributed by atoms with E-state index in [-0.39, 0.29) is 46.2 Å². The van der Waals surface area contributed by atoms with Gasteiger partial charge in [0.15, 0.2) is 17.6 Å². The number of aromatic hydroxyl groups is 5. The van der Waals surface area contributed by atoms with Gasteiger partial charge < -0.3 is 35.0 Å². The maximum absolute atomic E-state index is 12.9. The van der Waals surface area contributed by atoms with E-state index >= 15 is 0 Å². The molecule has 1 heterocycles. The Morgan fingerprint density at radius 1 is 0.943 bits per heavy atom. The van der Waals surface area contributed by atoms with Crippen molar-refractivity contribution in [2.75, 3.05) is 11.0 Å². The largest absolute Gasteiger partial charge is 0.508 e. The first kappa shape index (κ1) is 23.8. The predicted molar refractivity (Wildman–Crippen MR) is 122 cm³/mol. The molecule has 2 atom stereocenters. The highest BCUT2D eigenvalue weighted by Gasteiger charge is 2.36. The maximum Gasteiger partial charge on any atom is 0.338 e. The van der Waals surface area contributed by atoms with Gasteiger partial charge in [0.05, 0.1) is 17.5 Å². The lowest BCUT2D eigenvalue weighted by Gasteiger charge is -2.34. The van der Waals surface area contributed by atoms with Gasteiger partial charge in [-0.15, -0.1) is 0 Å². The first-order chi connectivity index (χ1) is 16.4. The first-order valence-corrected chi connectivity index (χ1v) is 12.1. The fraction of sp³-hybridized carbons (Fsp3) is 0.174. The maximum atomic E-state index is 12.9. The van der Waals surface area contributed by atoms with E-state index in [2.05, 4.69) is 4.72 Å². The Morgan fingerprint density at radius 3 is 2.34 bits per heavy atom. The SMILES string of the molecule is CS(=O)(=O)Nc1ccc(C(=O)OC2Cc3c(O)cc(O)cc3O[C@@H]2c2ccc(O)c(O)c2)cc1O. The van der Waals surface area contributed by atoms with Crippen LogP contribution in [0, 0.1) is 0 Å². The van der Waals surface area contributed by atoms with E-state index in [4.69, 9.17) is 9.47 Å². The lowest BCUT2D eigenvalue weighted by atomic mass is 9.93. The zero-order valence-corrected chi connectivity index (χ0v) is 19.0. The topological polar surface area (TPSA) is 183 Å². The van der Waals surface area contributed by atoms with Crippen LogP contribution in [0.3, 0.4) is 0 Å². The summed E-state index contributed by atoms with van der Waals surface area (Å²) in [6.45, 7) is 0. The number of nitrogens with one attached hydrogen (secondary N) is 1. The second-order valence-electron chi connectivity index (χ2n) is 7.98. The van der Waals surface area contributed by atoms with Crippen LogP contribution in [0.4, 0.5) is 5.69 Å². The number of carbonyl (C=O) groups is 1. The Balaban J connectivity index is 1.66. The van der Waals surface area contributed by atoms with Crippen LogP contribution in [0.5, 0.6) is 34.5 Å². The Morgan fingerprint density at radius 2 is 1.69 bits per heavy atom. The van der Waals surface area contributed by atoms with Crippen molar-refractivity contribution in [2.24, 2.45) is 0 Å². The van der Waals surface area contributed by atoms with Gasteiger partial charge in [0.1, 0.15) is 29.1 Å². The summed E-state index contributed by atoms with van der Waals surface area (Å²) in [6.07, 6.45) is -1.16. The van der Waals surface area contributed by atoms with Crippen molar-refractivity contribution in [3.05, 3.63) is 65.2 Å². The van der Waals surface area contributed by atoms with E-state index in [0.717, 1.165) is 18.4 Å². The standard InChI is InChI=1S/C23H21NO10S/c1-35(31,32)24-15-4-2-12(7-18(15)28)23(30)34-21-10-14-17(27)8-13(25)9-20(14)33-22(21)11-3-5-16(26)19(29)6-11/h2-9,21-22,24-29H,10H2,1H3/t21?,22-/m1/s1. The van der Waals surface area contributed by atoms with Gasteiger partial charge >= 0.3 is 5.97 Å². The number of benzene rings is 3. The van der Waals surface area contributed by atoms with E-state index in [1.165, 1.54) is 36.4 Å². The van der Waals surface area contributed by atoms with Crippen molar-refractivity contribution in [1.82, 2.24) is 0 Å². The monoisotopic (exact) mass is 503 g/mol. The molecule has 0 spiro atoms. The number of anilines is 1. The summed E-state index contributed by atoms with van der Waals surface area (Å²) in [4.78, 5) is 12.9. The number of sulfonamides is 1. The molecule has 1 aliphatic heterocycles. The lowest BCUT2D eigenvalue weighted by molar-refractivity contribution is -0.0188. The van der Waals surface area contributed by atoms with Crippen LogP contribution in [0.1, 0.15) is 27.6 Å². The number of carbonyl (C=O) groups excluding carboxylic acids is 1. The molecule has 0 amide bonds. The molecule has 0 aromatic heterocycles. The van der Waals surface area contributed by atoms with E-state index in [9.17, 15) is 38.7 Å². The highest BCUT2D eigenvalue weighted by Crippen LogP contribution is 2.44. The van der Waals surface area contributed by atoms with Crippen molar-refractivity contribution in [2.45, 2.75) is 18.6 Å². The number of hydrogen-bond acceptors (Lipinski definition) is 10. The number of esters is 1. The highest BCUT2D eigenvalue weighted by molar-refractivity contribution is 7.92. The average Bonchev–Trinajstić information content (AvgIpc) is 2.76. The molecule has 0 fully saturated rings. The Kier molecular flexibility index (Phi) is 5.99. The molecule has 1 aliphatic rings. The number of rotatable bonds is 5. The third-order valence-corrected chi connectivity index (χ3v) is 5.87. The summed E-state index contributed by atoms with van der Waals surface area (Å²) < 4.78 is 36.4. The van der Waals surface area contributed by atoms with E-state index in [0.29, 0.717) is 5.56 Å². The Bertz CT molecular complexity index is 1420. The third-order valence-electron chi connectivity index (χ3n) is 5.28. The molecule has 0 saturated heterocycles. The molecule has 6 N–H and O–H groups in total. The van der Waals surface area contributed by atoms with E-state index in [1.807, 2.05) is 0 Å². The molecule has 35 heavy (non-hydrogen) atoms.